The quantitative estimate of drug-likeness (QED) is 0.710. The van der Waals surface area contributed by atoms with Gasteiger partial charge in [-0.1, -0.05) is 12.1 Å². The van der Waals surface area contributed by atoms with Crippen molar-refractivity contribution in [1.82, 2.24) is 9.78 Å². The van der Waals surface area contributed by atoms with Crippen LogP contribution >= 0.6 is 0 Å². The van der Waals surface area contributed by atoms with Crippen molar-refractivity contribution < 1.29 is 0 Å². The predicted octanol–water partition coefficient (Wildman–Crippen LogP) is 2.97. The molecule has 0 aliphatic heterocycles. The summed E-state index contributed by atoms with van der Waals surface area (Å²) in [6.07, 6.45) is 7.02. The standard InChI is InChI=1S/C14H16N2/c1-16-14(8-9-15-16)13-7-6-11-4-2-3-5-12(11)10-13/h6-10H,2-5H2,1H3. The van der Waals surface area contributed by atoms with E-state index in [4.69, 9.17) is 0 Å². The average molecular weight is 212 g/mol. The summed E-state index contributed by atoms with van der Waals surface area (Å²) in [4.78, 5) is 0. The maximum Gasteiger partial charge on any atom is 0.0678 e. The molecule has 0 radical (unpaired) electrons. The Morgan fingerprint density at radius 3 is 2.62 bits per heavy atom. The molecular weight excluding hydrogens is 196 g/mol. The zero-order valence-electron chi connectivity index (χ0n) is 9.61. The van der Waals surface area contributed by atoms with Crippen molar-refractivity contribution in [2.45, 2.75) is 25.7 Å². The Bertz CT molecular complexity index is 511. The van der Waals surface area contributed by atoms with Gasteiger partial charge in [-0.2, -0.15) is 5.10 Å². The number of aryl methyl sites for hydroxylation is 3. The monoisotopic (exact) mass is 212 g/mol. The van der Waals surface area contributed by atoms with Gasteiger partial charge < -0.3 is 0 Å². The molecule has 82 valence electrons. The zero-order valence-corrected chi connectivity index (χ0v) is 9.61. The van der Waals surface area contributed by atoms with E-state index < -0.39 is 0 Å². The molecule has 2 nitrogen and oxygen atoms in total. The number of hydrogen-bond acceptors (Lipinski definition) is 1. The second kappa shape index (κ2) is 3.78. The summed E-state index contributed by atoms with van der Waals surface area (Å²) in [6.45, 7) is 0. The lowest BCUT2D eigenvalue weighted by atomic mass is 9.90. The van der Waals surface area contributed by atoms with Crippen LogP contribution in [-0.4, -0.2) is 9.78 Å². The van der Waals surface area contributed by atoms with Gasteiger partial charge in [-0.15, -0.1) is 0 Å². The highest BCUT2D eigenvalue weighted by Crippen LogP contribution is 2.26. The fourth-order valence-electron chi connectivity index (χ4n) is 2.55. The molecule has 0 saturated heterocycles. The van der Waals surface area contributed by atoms with Crippen LogP contribution in [0.3, 0.4) is 0 Å². The molecule has 0 bridgehead atoms. The zero-order chi connectivity index (χ0) is 11.0. The first-order valence-electron chi connectivity index (χ1n) is 5.95. The van der Waals surface area contributed by atoms with E-state index in [9.17, 15) is 0 Å². The largest absolute Gasteiger partial charge is 0.268 e. The van der Waals surface area contributed by atoms with Crippen molar-refractivity contribution in [2.75, 3.05) is 0 Å². The molecule has 16 heavy (non-hydrogen) atoms. The third kappa shape index (κ3) is 1.54. The fourth-order valence-corrected chi connectivity index (χ4v) is 2.55. The first-order valence-corrected chi connectivity index (χ1v) is 5.95. The smallest absolute Gasteiger partial charge is 0.0678 e. The normalized spacial score (nSPS) is 14.8. The highest BCUT2D eigenvalue weighted by molar-refractivity contribution is 5.61. The fraction of sp³-hybridized carbons (Fsp3) is 0.357. The van der Waals surface area contributed by atoms with Crippen LogP contribution < -0.4 is 0 Å². The molecule has 0 fully saturated rings. The molecule has 3 rings (SSSR count). The molecule has 0 amide bonds. The van der Waals surface area contributed by atoms with E-state index in [1.54, 1.807) is 0 Å². The van der Waals surface area contributed by atoms with Crippen LogP contribution in [0.25, 0.3) is 11.3 Å². The van der Waals surface area contributed by atoms with Crippen LogP contribution in [0.2, 0.25) is 0 Å². The lowest BCUT2D eigenvalue weighted by molar-refractivity contribution is 0.685. The lowest BCUT2D eigenvalue weighted by Crippen LogP contribution is -2.03. The Morgan fingerprint density at radius 2 is 1.88 bits per heavy atom. The van der Waals surface area contributed by atoms with Crippen LogP contribution in [0.1, 0.15) is 24.0 Å². The number of hydrogen-bond donors (Lipinski definition) is 0. The molecule has 0 unspecified atom stereocenters. The number of rotatable bonds is 1. The summed E-state index contributed by atoms with van der Waals surface area (Å²) in [5.74, 6) is 0. The Labute approximate surface area is 95.9 Å². The minimum atomic E-state index is 1.20. The SMILES string of the molecule is Cn1nccc1-c1ccc2c(c1)CCCC2. The number of benzene rings is 1. The number of fused-ring (bicyclic) bond motifs is 1. The van der Waals surface area contributed by atoms with Crippen molar-refractivity contribution in [3.63, 3.8) is 0 Å². The number of nitrogens with zero attached hydrogens (tertiary/aromatic N) is 2. The van der Waals surface area contributed by atoms with E-state index >= 15 is 0 Å². The predicted molar refractivity (Wildman–Crippen MR) is 65.3 cm³/mol. The van der Waals surface area contributed by atoms with Gasteiger partial charge in [-0.05, 0) is 48.9 Å². The van der Waals surface area contributed by atoms with Crippen molar-refractivity contribution in [2.24, 2.45) is 7.05 Å². The van der Waals surface area contributed by atoms with E-state index in [0.29, 0.717) is 0 Å². The van der Waals surface area contributed by atoms with Crippen molar-refractivity contribution in [1.29, 1.82) is 0 Å². The van der Waals surface area contributed by atoms with E-state index in [-0.39, 0.29) is 0 Å². The first kappa shape index (κ1) is 9.64. The summed E-state index contributed by atoms with van der Waals surface area (Å²) >= 11 is 0. The molecule has 0 atom stereocenters. The molecule has 0 spiro atoms. The third-order valence-corrected chi connectivity index (χ3v) is 3.47. The van der Waals surface area contributed by atoms with Crippen molar-refractivity contribution in [3.8, 4) is 11.3 Å². The average Bonchev–Trinajstić information content (AvgIpc) is 2.75. The van der Waals surface area contributed by atoms with Crippen LogP contribution in [0, 0.1) is 0 Å². The van der Waals surface area contributed by atoms with E-state index in [1.165, 1.54) is 48.1 Å². The van der Waals surface area contributed by atoms with Gasteiger partial charge in [0.15, 0.2) is 0 Å². The molecule has 1 aromatic heterocycles. The van der Waals surface area contributed by atoms with Gasteiger partial charge >= 0.3 is 0 Å². The number of aromatic nitrogens is 2. The summed E-state index contributed by atoms with van der Waals surface area (Å²) in [7, 11) is 1.99. The van der Waals surface area contributed by atoms with E-state index in [1.807, 2.05) is 17.9 Å². The highest BCUT2D eigenvalue weighted by atomic mass is 15.2. The molecular formula is C14H16N2. The van der Waals surface area contributed by atoms with Gasteiger partial charge in [-0.25, -0.2) is 0 Å². The molecule has 0 saturated carbocycles. The van der Waals surface area contributed by atoms with Crippen molar-refractivity contribution >= 4 is 0 Å². The van der Waals surface area contributed by atoms with Gasteiger partial charge in [0.05, 0.1) is 5.69 Å². The molecule has 1 heterocycles. The lowest BCUT2D eigenvalue weighted by Gasteiger charge is -2.16. The van der Waals surface area contributed by atoms with Gasteiger partial charge in [-0.3, -0.25) is 4.68 Å². The van der Waals surface area contributed by atoms with Crippen LogP contribution in [0.15, 0.2) is 30.5 Å². The molecule has 0 N–H and O–H groups in total. The Hall–Kier alpha value is -1.57. The van der Waals surface area contributed by atoms with Gasteiger partial charge in [0.25, 0.3) is 0 Å². The van der Waals surface area contributed by atoms with Crippen LogP contribution in [0.4, 0.5) is 0 Å². The summed E-state index contributed by atoms with van der Waals surface area (Å²) in [5, 5.41) is 4.22. The second-order valence-corrected chi connectivity index (χ2v) is 4.53. The molecule has 1 aromatic carbocycles. The third-order valence-electron chi connectivity index (χ3n) is 3.47. The van der Waals surface area contributed by atoms with E-state index in [2.05, 4.69) is 29.4 Å². The Morgan fingerprint density at radius 1 is 1.06 bits per heavy atom. The Balaban J connectivity index is 2.06. The molecule has 1 aliphatic carbocycles. The minimum Gasteiger partial charge on any atom is -0.268 e. The molecule has 2 aromatic rings. The van der Waals surface area contributed by atoms with Crippen LogP contribution in [0.5, 0.6) is 0 Å². The van der Waals surface area contributed by atoms with E-state index in [0.717, 1.165) is 0 Å². The van der Waals surface area contributed by atoms with Crippen molar-refractivity contribution in [3.05, 3.63) is 41.6 Å². The highest BCUT2D eigenvalue weighted by Gasteiger charge is 2.11. The molecule has 2 heteroatoms. The minimum absolute atomic E-state index is 1.20. The van der Waals surface area contributed by atoms with Gasteiger partial charge in [0.2, 0.25) is 0 Å². The van der Waals surface area contributed by atoms with Gasteiger partial charge in [0, 0.05) is 18.8 Å². The molecule has 1 aliphatic rings. The Kier molecular flexibility index (Phi) is 2.28. The topological polar surface area (TPSA) is 17.8 Å². The van der Waals surface area contributed by atoms with Gasteiger partial charge in [0.1, 0.15) is 0 Å². The summed E-state index contributed by atoms with van der Waals surface area (Å²) in [5.41, 5.74) is 5.57. The maximum atomic E-state index is 4.22. The maximum absolute atomic E-state index is 4.22. The second-order valence-electron chi connectivity index (χ2n) is 4.53. The summed E-state index contributed by atoms with van der Waals surface area (Å²) in [6, 6.07) is 8.92. The first-order chi connectivity index (χ1) is 7.84. The van der Waals surface area contributed by atoms with Crippen LogP contribution in [-0.2, 0) is 19.9 Å². The summed E-state index contributed by atoms with van der Waals surface area (Å²) < 4.78 is 1.94.